The molecule has 0 aliphatic carbocycles. The van der Waals surface area contributed by atoms with Gasteiger partial charge in [-0.2, -0.15) is 17.5 Å². The van der Waals surface area contributed by atoms with Crippen LogP contribution in [0.4, 0.5) is 13.2 Å². The summed E-state index contributed by atoms with van der Waals surface area (Å²) in [6.07, 6.45) is -4.03. The van der Waals surface area contributed by atoms with E-state index in [0.717, 1.165) is 22.5 Å². The zero-order chi connectivity index (χ0) is 15.8. The van der Waals surface area contributed by atoms with Crippen molar-refractivity contribution in [3.8, 4) is 0 Å². The molecule has 21 heavy (non-hydrogen) atoms. The average Bonchev–Trinajstić information content (AvgIpc) is 2.88. The fourth-order valence-corrected chi connectivity index (χ4v) is 4.51. The number of halogens is 3. The molecule has 1 N–H and O–H groups in total. The zero-order valence-electron chi connectivity index (χ0n) is 10.4. The summed E-state index contributed by atoms with van der Waals surface area (Å²) in [5, 5.41) is 8.77. The van der Waals surface area contributed by atoms with E-state index in [0.29, 0.717) is 11.3 Å². The summed E-state index contributed by atoms with van der Waals surface area (Å²) < 4.78 is 62.6. The Hall–Kier alpha value is -1.39. The minimum Gasteiger partial charge on any atom is -0.477 e. The normalized spacial score (nSPS) is 17.6. The van der Waals surface area contributed by atoms with Gasteiger partial charge in [0.2, 0.25) is 0 Å². The van der Waals surface area contributed by atoms with Gasteiger partial charge in [-0.1, -0.05) is 6.08 Å². The fraction of sp³-hybridized carbons (Fsp3) is 0.364. The van der Waals surface area contributed by atoms with Crippen molar-refractivity contribution < 1.29 is 31.5 Å². The first-order chi connectivity index (χ1) is 9.62. The molecule has 2 rings (SSSR count). The van der Waals surface area contributed by atoms with Gasteiger partial charge in [-0.25, -0.2) is 13.2 Å². The van der Waals surface area contributed by atoms with E-state index in [-0.39, 0.29) is 22.2 Å². The maximum Gasteiger partial charge on any atom is 0.412 e. The maximum absolute atomic E-state index is 12.5. The van der Waals surface area contributed by atoms with Crippen LogP contribution in [0.1, 0.15) is 16.1 Å². The van der Waals surface area contributed by atoms with Gasteiger partial charge in [0.1, 0.15) is 9.09 Å². The molecule has 0 aromatic carbocycles. The highest BCUT2D eigenvalue weighted by Crippen LogP contribution is 2.32. The number of hydrogen-bond acceptors (Lipinski definition) is 4. The van der Waals surface area contributed by atoms with Crippen molar-refractivity contribution in [2.75, 3.05) is 13.1 Å². The Labute approximate surface area is 122 Å². The number of thiophene rings is 1. The lowest BCUT2D eigenvalue weighted by atomic mass is 10.1. The van der Waals surface area contributed by atoms with E-state index in [9.17, 15) is 26.4 Å². The maximum atomic E-state index is 12.5. The molecule has 1 aliphatic rings. The standard InChI is InChI=1S/C11H10F3NO4S2/c12-11(13,14)7-3-5-15(6-4-7)21(18,19)9-2-1-8(20-9)10(16)17/h1-3H,4-6H2,(H,16,17). The fourth-order valence-electron chi connectivity index (χ4n) is 1.83. The lowest BCUT2D eigenvalue weighted by Gasteiger charge is -2.26. The molecular formula is C11H10F3NO4S2. The lowest BCUT2D eigenvalue weighted by Crippen LogP contribution is -2.36. The largest absolute Gasteiger partial charge is 0.477 e. The van der Waals surface area contributed by atoms with Crippen molar-refractivity contribution in [3.05, 3.63) is 28.7 Å². The second-order valence-corrected chi connectivity index (χ2v) is 7.51. The second kappa shape index (κ2) is 5.43. The molecule has 2 heterocycles. The Bertz CT molecular complexity index is 691. The van der Waals surface area contributed by atoms with E-state index < -0.39 is 34.2 Å². The van der Waals surface area contributed by atoms with E-state index in [1.807, 2.05) is 0 Å². The molecule has 1 aromatic rings. The second-order valence-electron chi connectivity index (χ2n) is 4.26. The van der Waals surface area contributed by atoms with Crippen molar-refractivity contribution in [1.82, 2.24) is 4.31 Å². The first-order valence-corrected chi connectivity index (χ1v) is 7.97. The highest BCUT2D eigenvalue weighted by atomic mass is 32.2. The summed E-state index contributed by atoms with van der Waals surface area (Å²) in [4.78, 5) is 10.6. The molecule has 5 nitrogen and oxygen atoms in total. The topological polar surface area (TPSA) is 74.7 Å². The van der Waals surface area contributed by atoms with Crippen LogP contribution < -0.4 is 0 Å². The number of hydrogen-bond donors (Lipinski definition) is 1. The Balaban J connectivity index is 2.22. The molecule has 0 radical (unpaired) electrons. The van der Waals surface area contributed by atoms with E-state index in [1.54, 1.807) is 0 Å². The number of alkyl halides is 3. The first-order valence-electron chi connectivity index (χ1n) is 5.72. The van der Waals surface area contributed by atoms with Crippen LogP contribution in [0, 0.1) is 0 Å². The van der Waals surface area contributed by atoms with Gasteiger partial charge in [0.05, 0.1) is 0 Å². The van der Waals surface area contributed by atoms with Gasteiger partial charge < -0.3 is 5.11 Å². The summed E-state index contributed by atoms with van der Waals surface area (Å²) in [5.74, 6) is -1.25. The summed E-state index contributed by atoms with van der Waals surface area (Å²) in [6.45, 7) is -0.661. The Morgan fingerprint density at radius 2 is 2.00 bits per heavy atom. The van der Waals surface area contributed by atoms with Crippen LogP contribution in [0.25, 0.3) is 0 Å². The number of nitrogens with zero attached hydrogens (tertiary/aromatic N) is 1. The molecule has 0 fully saturated rings. The lowest BCUT2D eigenvalue weighted by molar-refractivity contribution is -0.0953. The van der Waals surface area contributed by atoms with E-state index >= 15 is 0 Å². The third kappa shape index (κ3) is 3.27. The predicted octanol–water partition coefficient (Wildman–Crippen LogP) is 2.33. The average molecular weight is 341 g/mol. The van der Waals surface area contributed by atoms with Crippen molar-refractivity contribution in [1.29, 1.82) is 0 Å². The number of carbonyl (C=O) groups is 1. The molecule has 116 valence electrons. The molecule has 1 aromatic heterocycles. The summed E-state index contributed by atoms with van der Waals surface area (Å²) in [5.41, 5.74) is -0.744. The van der Waals surface area contributed by atoms with Gasteiger partial charge in [0, 0.05) is 18.7 Å². The molecule has 10 heteroatoms. The van der Waals surface area contributed by atoms with Crippen LogP contribution >= 0.6 is 11.3 Å². The van der Waals surface area contributed by atoms with Crippen LogP contribution in [0.15, 0.2) is 28.0 Å². The van der Waals surface area contributed by atoms with Crippen molar-refractivity contribution in [3.63, 3.8) is 0 Å². The predicted molar refractivity (Wildman–Crippen MR) is 68.8 cm³/mol. The van der Waals surface area contributed by atoms with Crippen LogP contribution in [-0.4, -0.2) is 43.1 Å². The zero-order valence-corrected chi connectivity index (χ0v) is 12.1. The quantitative estimate of drug-likeness (QED) is 0.856. The van der Waals surface area contributed by atoms with Gasteiger partial charge in [-0.05, 0) is 18.6 Å². The Morgan fingerprint density at radius 3 is 2.43 bits per heavy atom. The number of carboxylic acid groups (broad SMARTS) is 1. The van der Waals surface area contributed by atoms with Gasteiger partial charge in [-0.3, -0.25) is 0 Å². The molecule has 0 saturated carbocycles. The molecule has 0 amide bonds. The van der Waals surface area contributed by atoms with Crippen LogP contribution in [0.3, 0.4) is 0 Å². The SMILES string of the molecule is O=C(O)c1ccc(S(=O)(=O)N2CC=C(C(F)(F)F)CC2)s1. The third-order valence-electron chi connectivity index (χ3n) is 2.92. The van der Waals surface area contributed by atoms with E-state index in [1.165, 1.54) is 0 Å². The number of sulfonamides is 1. The summed E-state index contributed by atoms with van der Waals surface area (Å²) in [7, 11) is -3.97. The van der Waals surface area contributed by atoms with Gasteiger partial charge in [0.25, 0.3) is 10.0 Å². The van der Waals surface area contributed by atoms with Gasteiger partial charge >= 0.3 is 12.1 Å². The van der Waals surface area contributed by atoms with Crippen LogP contribution in [0.5, 0.6) is 0 Å². The van der Waals surface area contributed by atoms with Crippen molar-refractivity contribution >= 4 is 27.3 Å². The van der Waals surface area contributed by atoms with Gasteiger partial charge in [-0.15, -0.1) is 11.3 Å². The molecule has 0 saturated heterocycles. The molecule has 0 bridgehead atoms. The molecular weight excluding hydrogens is 331 g/mol. The minimum absolute atomic E-state index is 0.142. The highest BCUT2D eigenvalue weighted by molar-refractivity contribution is 7.91. The highest BCUT2D eigenvalue weighted by Gasteiger charge is 2.37. The number of rotatable bonds is 3. The first kappa shape index (κ1) is 16.0. The Morgan fingerprint density at radius 1 is 1.33 bits per heavy atom. The van der Waals surface area contributed by atoms with E-state index in [4.69, 9.17) is 5.11 Å². The molecule has 0 unspecified atom stereocenters. The van der Waals surface area contributed by atoms with E-state index in [2.05, 4.69) is 0 Å². The number of carboxylic acids is 1. The third-order valence-corrected chi connectivity index (χ3v) is 6.33. The number of aromatic carboxylic acids is 1. The van der Waals surface area contributed by atoms with Crippen molar-refractivity contribution in [2.45, 2.75) is 16.8 Å². The monoisotopic (exact) mass is 341 g/mol. The summed E-state index contributed by atoms with van der Waals surface area (Å²) >= 11 is 0.576. The van der Waals surface area contributed by atoms with Crippen molar-refractivity contribution in [2.24, 2.45) is 0 Å². The molecule has 1 aliphatic heterocycles. The molecule has 0 spiro atoms. The Kier molecular flexibility index (Phi) is 4.13. The van der Waals surface area contributed by atoms with Crippen LogP contribution in [0.2, 0.25) is 0 Å². The smallest absolute Gasteiger partial charge is 0.412 e. The minimum atomic E-state index is -4.45. The molecule has 0 atom stereocenters. The van der Waals surface area contributed by atoms with Crippen LogP contribution in [-0.2, 0) is 10.0 Å². The van der Waals surface area contributed by atoms with Gasteiger partial charge in [0.15, 0.2) is 0 Å². The summed E-state index contributed by atoms with van der Waals surface area (Å²) in [6, 6.07) is 2.30.